The molecule has 0 aromatic heterocycles. The van der Waals surface area contributed by atoms with Crippen molar-refractivity contribution in [1.29, 1.82) is 0 Å². The van der Waals surface area contributed by atoms with Gasteiger partial charge >= 0.3 is 0 Å². The first kappa shape index (κ1) is 19.4. The Morgan fingerprint density at radius 3 is 2.70 bits per heavy atom. The van der Waals surface area contributed by atoms with Crippen LogP contribution in [0.15, 0.2) is 29.8 Å². The van der Waals surface area contributed by atoms with E-state index in [4.69, 9.17) is 4.74 Å². The second-order valence-electron chi connectivity index (χ2n) is 5.07. The molecular weight excluding hydrogens is 290 g/mol. The van der Waals surface area contributed by atoms with Crippen molar-refractivity contribution >= 4 is 18.5 Å². The van der Waals surface area contributed by atoms with E-state index in [-0.39, 0.29) is 6.61 Å². The van der Waals surface area contributed by atoms with Gasteiger partial charge in [-0.15, -0.1) is 0 Å². The van der Waals surface area contributed by atoms with Crippen molar-refractivity contribution in [2.45, 2.75) is 20.0 Å². The predicted molar refractivity (Wildman–Crippen MR) is 97.9 cm³/mol. The smallest absolute Gasteiger partial charge is 0.128 e. The molecule has 1 aliphatic heterocycles. The van der Waals surface area contributed by atoms with Crippen molar-refractivity contribution in [3.63, 3.8) is 0 Å². The maximum atomic E-state index is 10.1. The van der Waals surface area contributed by atoms with E-state index in [1.807, 2.05) is 32.0 Å². The van der Waals surface area contributed by atoms with Crippen molar-refractivity contribution in [3.05, 3.63) is 30.3 Å². The lowest BCUT2D eigenvalue weighted by Crippen LogP contribution is -2.47. The topological polar surface area (TPSA) is 57.1 Å². The fourth-order valence-corrected chi connectivity index (χ4v) is 2.43. The summed E-state index contributed by atoms with van der Waals surface area (Å²) in [6.45, 7) is 16.1. The molecule has 1 unspecified atom stereocenters. The summed E-state index contributed by atoms with van der Waals surface area (Å²) in [7, 11) is 0. The van der Waals surface area contributed by atoms with Crippen LogP contribution < -0.4 is 10.1 Å². The first-order valence-electron chi connectivity index (χ1n) is 8.20. The molecule has 5 nitrogen and oxygen atoms in total. The third-order valence-electron chi connectivity index (χ3n) is 3.53. The predicted octanol–water partition coefficient (Wildman–Crippen LogP) is 2.33. The molecule has 128 valence electrons. The van der Waals surface area contributed by atoms with Crippen molar-refractivity contribution in [2.75, 3.05) is 39.3 Å². The Morgan fingerprint density at radius 2 is 2.09 bits per heavy atom. The second kappa shape index (κ2) is 10.9. The van der Waals surface area contributed by atoms with Crippen LogP contribution in [0.25, 0.3) is 6.08 Å². The Balaban J connectivity index is 0.00000127. The summed E-state index contributed by atoms with van der Waals surface area (Å²) in [5.74, 6) is 0.675. The molecule has 0 spiro atoms. The van der Waals surface area contributed by atoms with Gasteiger partial charge in [0.1, 0.15) is 18.5 Å². The van der Waals surface area contributed by atoms with E-state index in [1.165, 1.54) is 0 Å². The molecule has 0 bridgehead atoms. The Kier molecular flexibility index (Phi) is 9.21. The maximum Gasteiger partial charge on any atom is 0.128 e. The number of aliphatic imine (C=N–C) groups is 1. The van der Waals surface area contributed by atoms with Crippen LogP contribution in [0.4, 0.5) is 5.69 Å². The van der Waals surface area contributed by atoms with E-state index in [2.05, 4.69) is 28.5 Å². The third-order valence-corrected chi connectivity index (χ3v) is 3.53. The normalized spacial score (nSPS) is 16.0. The monoisotopic (exact) mass is 319 g/mol. The minimum Gasteiger partial charge on any atom is -0.490 e. The molecule has 2 rings (SSSR count). The molecule has 1 saturated heterocycles. The molecule has 1 atom stereocenters. The number of hydrogen-bond donors (Lipinski definition) is 2. The highest BCUT2D eigenvalue weighted by atomic mass is 16.5. The van der Waals surface area contributed by atoms with Crippen molar-refractivity contribution in [1.82, 2.24) is 10.2 Å². The number of ether oxygens (including phenoxy) is 1. The Labute approximate surface area is 139 Å². The number of rotatable bonds is 7. The summed E-state index contributed by atoms with van der Waals surface area (Å²) in [6.07, 6.45) is 1.18. The first-order chi connectivity index (χ1) is 11.2. The van der Waals surface area contributed by atoms with Gasteiger partial charge in [-0.05, 0) is 18.9 Å². The summed E-state index contributed by atoms with van der Waals surface area (Å²) in [4.78, 5) is 6.18. The summed E-state index contributed by atoms with van der Waals surface area (Å²) in [5, 5.41) is 13.4. The van der Waals surface area contributed by atoms with Crippen LogP contribution in [0, 0.1) is 0 Å². The van der Waals surface area contributed by atoms with Crippen LogP contribution in [0.2, 0.25) is 0 Å². The highest BCUT2D eigenvalue weighted by Crippen LogP contribution is 2.29. The van der Waals surface area contributed by atoms with Gasteiger partial charge < -0.3 is 15.2 Å². The summed E-state index contributed by atoms with van der Waals surface area (Å²) in [5.41, 5.74) is 1.54. The lowest BCUT2D eigenvalue weighted by atomic mass is 10.1. The molecule has 2 N–H and O–H groups in total. The summed E-state index contributed by atoms with van der Waals surface area (Å²) in [6, 6.07) is 5.56. The maximum absolute atomic E-state index is 10.1. The van der Waals surface area contributed by atoms with Crippen LogP contribution in [-0.2, 0) is 0 Å². The van der Waals surface area contributed by atoms with Gasteiger partial charge in [0.25, 0.3) is 0 Å². The van der Waals surface area contributed by atoms with Crippen LogP contribution in [0.1, 0.15) is 19.4 Å². The highest BCUT2D eigenvalue weighted by molar-refractivity contribution is 5.70. The zero-order valence-corrected chi connectivity index (χ0v) is 14.3. The van der Waals surface area contributed by atoms with Gasteiger partial charge in [0.15, 0.2) is 0 Å². The number of β-amino-alcohol motifs (C(OH)–C–C–N with tert-alkyl or cyclic N) is 1. The van der Waals surface area contributed by atoms with Crippen molar-refractivity contribution < 1.29 is 9.84 Å². The summed E-state index contributed by atoms with van der Waals surface area (Å²) < 4.78 is 5.72. The Bertz CT molecular complexity index is 485. The third kappa shape index (κ3) is 6.14. The number of nitrogens with zero attached hydrogens (tertiary/aromatic N) is 2. The van der Waals surface area contributed by atoms with Gasteiger partial charge in [-0.2, -0.15) is 0 Å². The van der Waals surface area contributed by atoms with E-state index in [0.29, 0.717) is 12.3 Å². The van der Waals surface area contributed by atoms with Crippen LogP contribution in [-0.4, -0.2) is 62.2 Å². The quantitative estimate of drug-likeness (QED) is 0.758. The zero-order chi connectivity index (χ0) is 17.1. The number of piperazine rings is 1. The van der Waals surface area contributed by atoms with Crippen molar-refractivity contribution in [3.8, 4) is 5.75 Å². The van der Waals surface area contributed by atoms with E-state index in [0.717, 1.165) is 37.4 Å². The molecule has 1 aromatic rings. The number of hydrogen-bond acceptors (Lipinski definition) is 5. The fourth-order valence-electron chi connectivity index (χ4n) is 2.43. The minimum atomic E-state index is -0.513. The minimum absolute atomic E-state index is 0.255. The molecule has 1 aliphatic rings. The Morgan fingerprint density at radius 1 is 1.39 bits per heavy atom. The fraction of sp³-hybridized carbons (Fsp3) is 0.500. The van der Waals surface area contributed by atoms with Gasteiger partial charge in [0.05, 0.1) is 5.69 Å². The van der Waals surface area contributed by atoms with E-state index >= 15 is 0 Å². The van der Waals surface area contributed by atoms with Gasteiger partial charge in [-0.1, -0.05) is 32.6 Å². The number of aliphatic hydroxyl groups excluding tert-OH is 1. The van der Waals surface area contributed by atoms with Gasteiger partial charge in [-0.3, -0.25) is 9.89 Å². The zero-order valence-electron chi connectivity index (χ0n) is 14.3. The molecule has 0 aliphatic carbocycles. The number of aliphatic hydroxyl groups is 1. The van der Waals surface area contributed by atoms with Gasteiger partial charge in [0, 0.05) is 38.3 Å². The lowest BCUT2D eigenvalue weighted by Gasteiger charge is -2.29. The first-order valence-corrected chi connectivity index (χ1v) is 8.20. The van der Waals surface area contributed by atoms with E-state index in [1.54, 1.807) is 6.08 Å². The molecule has 1 fully saturated rings. The Hall–Kier alpha value is -1.69. The molecule has 0 radical (unpaired) electrons. The molecule has 1 heterocycles. The molecule has 1 aromatic carbocycles. The van der Waals surface area contributed by atoms with Crippen LogP contribution in [0.3, 0.4) is 0 Å². The summed E-state index contributed by atoms with van der Waals surface area (Å²) >= 11 is 0. The SMILES string of the molecule is C=Cc1c(N=C)cccc1OCC(O)CN1CCNCC1.CC. The largest absolute Gasteiger partial charge is 0.490 e. The molecule has 0 saturated carbocycles. The van der Waals surface area contributed by atoms with Crippen LogP contribution >= 0.6 is 0 Å². The average Bonchev–Trinajstić information content (AvgIpc) is 2.62. The van der Waals surface area contributed by atoms with Gasteiger partial charge in [0.2, 0.25) is 0 Å². The highest BCUT2D eigenvalue weighted by Gasteiger charge is 2.15. The molecular formula is C18H29N3O2. The number of benzene rings is 1. The van der Waals surface area contributed by atoms with Crippen LogP contribution in [0.5, 0.6) is 5.75 Å². The van der Waals surface area contributed by atoms with E-state index < -0.39 is 6.10 Å². The van der Waals surface area contributed by atoms with Crippen molar-refractivity contribution in [2.24, 2.45) is 4.99 Å². The second-order valence-corrected chi connectivity index (χ2v) is 5.07. The average molecular weight is 319 g/mol. The molecule has 5 heteroatoms. The lowest BCUT2D eigenvalue weighted by molar-refractivity contribution is 0.0641. The molecule has 0 amide bonds. The number of nitrogens with one attached hydrogen (secondary N) is 1. The van der Waals surface area contributed by atoms with Gasteiger partial charge in [-0.25, -0.2) is 0 Å². The van der Waals surface area contributed by atoms with E-state index in [9.17, 15) is 5.11 Å². The standard InChI is InChI=1S/C16H23N3O2.C2H6/c1-3-14-15(17-2)5-4-6-16(14)21-12-13(20)11-19-9-7-18-8-10-19;1-2/h3-6,13,18,20H,1-2,7-12H2;1-2H3. The molecule has 23 heavy (non-hydrogen) atoms.